The number of para-hydroxylation sites is 1. The van der Waals surface area contributed by atoms with Gasteiger partial charge in [0, 0.05) is 57.1 Å². The number of benzene rings is 1. The molecule has 0 saturated carbocycles. The first-order chi connectivity index (χ1) is 14.3. The summed E-state index contributed by atoms with van der Waals surface area (Å²) in [7, 11) is -2.98. The Morgan fingerprint density at radius 1 is 1.17 bits per heavy atom. The van der Waals surface area contributed by atoms with Gasteiger partial charge in [0.15, 0.2) is 5.96 Å². The van der Waals surface area contributed by atoms with Gasteiger partial charge in [0.2, 0.25) is 5.91 Å². The van der Waals surface area contributed by atoms with E-state index in [4.69, 9.17) is 0 Å². The van der Waals surface area contributed by atoms with Crippen LogP contribution in [0.2, 0.25) is 0 Å². The molecule has 1 aliphatic heterocycles. The van der Waals surface area contributed by atoms with Gasteiger partial charge < -0.3 is 20.4 Å². The van der Waals surface area contributed by atoms with E-state index in [0.29, 0.717) is 31.9 Å². The van der Waals surface area contributed by atoms with Crippen LogP contribution < -0.4 is 15.5 Å². The molecule has 1 aromatic rings. The zero-order chi connectivity index (χ0) is 22.0. The molecule has 0 spiro atoms. The number of hydrogen-bond acceptors (Lipinski definition) is 5. The first kappa shape index (κ1) is 24.0. The summed E-state index contributed by atoms with van der Waals surface area (Å²) in [5, 5.41) is 6.36. The van der Waals surface area contributed by atoms with Crippen molar-refractivity contribution < 1.29 is 13.2 Å². The number of carbonyl (C=O) groups excluding carboxylic acids is 1. The summed E-state index contributed by atoms with van der Waals surface area (Å²) < 4.78 is 22.7. The molecule has 0 radical (unpaired) electrons. The summed E-state index contributed by atoms with van der Waals surface area (Å²) in [5.41, 5.74) is 1.19. The second-order valence-electron chi connectivity index (χ2n) is 7.68. The second kappa shape index (κ2) is 11.8. The maximum Gasteiger partial charge on any atom is 0.224 e. The highest BCUT2D eigenvalue weighted by Gasteiger charge is 2.20. The molecule has 2 rings (SSSR count). The second-order valence-corrected chi connectivity index (χ2v) is 9.94. The lowest BCUT2D eigenvalue weighted by molar-refractivity contribution is -0.131. The molecule has 0 aliphatic carbocycles. The van der Waals surface area contributed by atoms with Crippen LogP contribution in [0.5, 0.6) is 0 Å². The Labute approximate surface area is 180 Å². The molecular formula is C21H35N5O3S. The molecule has 1 aromatic carbocycles. The fourth-order valence-corrected chi connectivity index (χ4v) is 4.07. The zero-order valence-electron chi connectivity index (χ0n) is 18.3. The molecule has 1 amide bonds. The Kier molecular flexibility index (Phi) is 9.42. The Hall–Kier alpha value is -2.29. The lowest BCUT2D eigenvalue weighted by Gasteiger charge is -2.36. The highest BCUT2D eigenvalue weighted by Crippen LogP contribution is 2.15. The Morgan fingerprint density at radius 3 is 2.43 bits per heavy atom. The molecule has 1 atom stereocenters. The molecule has 168 valence electrons. The molecule has 1 heterocycles. The topological polar surface area (TPSA) is 94.1 Å². The van der Waals surface area contributed by atoms with E-state index < -0.39 is 9.84 Å². The van der Waals surface area contributed by atoms with Crippen LogP contribution in [0.3, 0.4) is 0 Å². The Morgan fingerprint density at radius 2 is 1.83 bits per heavy atom. The molecule has 30 heavy (non-hydrogen) atoms. The van der Waals surface area contributed by atoms with Gasteiger partial charge in [-0.15, -0.1) is 0 Å². The molecular weight excluding hydrogens is 402 g/mol. The van der Waals surface area contributed by atoms with Gasteiger partial charge >= 0.3 is 0 Å². The van der Waals surface area contributed by atoms with Gasteiger partial charge in [-0.05, 0) is 32.4 Å². The van der Waals surface area contributed by atoms with Gasteiger partial charge in [0.25, 0.3) is 0 Å². The molecule has 1 saturated heterocycles. The number of hydrogen-bond donors (Lipinski definition) is 2. The molecule has 1 unspecified atom stereocenters. The predicted molar refractivity (Wildman–Crippen MR) is 123 cm³/mol. The minimum atomic E-state index is -2.98. The molecule has 0 bridgehead atoms. The van der Waals surface area contributed by atoms with Crippen LogP contribution in [-0.4, -0.2) is 82.5 Å². The summed E-state index contributed by atoms with van der Waals surface area (Å²) in [4.78, 5) is 21.2. The average molecular weight is 438 g/mol. The smallest absolute Gasteiger partial charge is 0.224 e. The monoisotopic (exact) mass is 437 g/mol. The number of sulfone groups is 1. The Bertz CT molecular complexity index is 790. The van der Waals surface area contributed by atoms with E-state index in [-0.39, 0.29) is 17.7 Å². The van der Waals surface area contributed by atoms with E-state index in [0.717, 1.165) is 26.2 Å². The molecule has 0 aromatic heterocycles. The summed E-state index contributed by atoms with van der Waals surface area (Å²) in [5.74, 6) is 0.862. The number of nitrogens with one attached hydrogen (secondary N) is 2. The average Bonchev–Trinajstić information content (AvgIpc) is 2.72. The van der Waals surface area contributed by atoms with Crippen LogP contribution in [0.1, 0.15) is 26.7 Å². The molecule has 1 fully saturated rings. The third-order valence-corrected chi connectivity index (χ3v) is 5.98. The van der Waals surface area contributed by atoms with Crippen LogP contribution in [0.4, 0.5) is 5.69 Å². The quantitative estimate of drug-likeness (QED) is 0.444. The van der Waals surface area contributed by atoms with Crippen molar-refractivity contribution >= 4 is 27.4 Å². The summed E-state index contributed by atoms with van der Waals surface area (Å²) in [6.07, 6.45) is 2.11. The largest absolute Gasteiger partial charge is 0.368 e. The predicted octanol–water partition coefficient (Wildman–Crippen LogP) is 1.10. The van der Waals surface area contributed by atoms with Crippen LogP contribution in [0.25, 0.3) is 0 Å². The van der Waals surface area contributed by atoms with E-state index >= 15 is 0 Å². The van der Waals surface area contributed by atoms with Crippen molar-refractivity contribution in [3.63, 3.8) is 0 Å². The molecule has 2 N–H and O–H groups in total. The highest BCUT2D eigenvalue weighted by molar-refractivity contribution is 7.90. The lowest BCUT2D eigenvalue weighted by atomic mass is 10.2. The number of anilines is 1. The number of piperazine rings is 1. The van der Waals surface area contributed by atoms with Crippen molar-refractivity contribution in [2.45, 2.75) is 32.7 Å². The van der Waals surface area contributed by atoms with E-state index in [1.807, 2.05) is 36.9 Å². The van der Waals surface area contributed by atoms with Crippen molar-refractivity contribution in [3.05, 3.63) is 30.3 Å². The van der Waals surface area contributed by atoms with Crippen LogP contribution in [0.15, 0.2) is 35.3 Å². The zero-order valence-corrected chi connectivity index (χ0v) is 19.1. The van der Waals surface area contributed by atoms with Gasteiger partial charge in [-0.25, -0.2) is 8.42 Å². The third kappa shape index (κ3) is 8.61. The van der Waals surface area contributed by atoms with Crippen molar-refractivity contribution in [2.75, 3.05) is 56.2 Å². The van der Waals surface area contributed by atoms with Crippen molar-refractivity contribution in [1.82, 2.24) is 15.5 Å². The minimum Gasteiger partial charge on any atom is -0.368 e. The minimum absolute atomic E-state index is 0.0284. The molecule has 9 heteroatoms. The van der Waals surface area contributed by atoms with Crippen LogP contribution >= 0.6 is 0 Å². The third-order valence-electron chi connectivity index (χ3n) is 5.00. The number of rotatable bonds is 9. The first-order valence-electron chi connectivity index (χ1n) is 10.6. The van der Waals surface area contributed by atoms with Gasteiger partial charge in [0.1, 0.15) is 9.84 Å². The number of amides is 1. The van der Waals surface area contributed by atoms with Gasteiger partial charge in [-0.1, -0.05) is 18.2 Å². The van der Waals surface area contributed by atoms with Crippen molar-refractivity contribution in [1.29, 1.82) is 0 Å². The lowest BCUT2D eigenvalue weighted by Crippen LogP contribution is -2.49. The van der Waals surface area contributed by atoms with E-state index in [1.54, 1.807) is 0 Å². The molecule has 1 aliphatic rings. The summed E-state index contributed by atoms with van der Waals surface area (Å²) >= 11 is 0. The van der Waals surface area contributed by atoms with Crippen molar-refractivity contribution in [3.8, 4) is 0 Å². The van der Waals surface area contributed by atoms with Crippen molar-refractivity contribution in [2.24, 2.45) is 4.99 Å². The fourth-order valence-electron chi connectivity index (χ4n) is 3.29. The van der Waals surface area contributed by atoms with Crippen LogP contribution in [-0.2, 0) is 14.6 Å². The number of nitrogens with zero attached hydrogens (tertiary/aromatic N) is 3. The first-order valence-corrected chi connectivity index (χ1v) is 12.6. The Balaban J connectivity index is 1.77. The van der Waals surface area contributed by atoms with Crippen LogP contribution in [0, 0.1) is 0 Å². The standard InChI is InChI=1S/C21H35N5O3S/c1-4-22-21(24-18(2)11-17-30(3,28)29)23-12-10-20(27)26-15-13-25(14-16-26)19-8-6-5-7-9-19/h5-9,18H,4,10-17H2,1-3H3,(H2,22,23,24). The maximum absolute atomic E-state index is 12.5. The number of aliphatic imine (C=N–C) groups is 1. The SMILES string of the molecule is CCNC(=NCCC(=O)N1CCN(c2ccccc2)CC1)NC(C)CCS(C)(=O)=O. The van der Waals surface area contributed by atoms with E-state index in [2.05, 4.69) is 32.7 Å². The summed E-state index contributed by atoms with van der Waals surface area (Å²) in [6, 6.07) is 10.2. The van der Waals surface area contributed by atoms with E-state index in [1.165, 1.54) is 11.9 Å². The maximum atomic E-state index is 12.5. The van der Waals surface area contributed by atoms with Gasteiger partial charge in [-0.3, -0.25) is 9.79 Å². The van der Waals surface area contributed by atoms with E-state index in [9.17, 15) is 13.2 Å². The van der Waals surface area contributed by atoms with Gasteiger partial charge in [0.05, 0.1) is 12.3 Å². The number of carbonyl (C=O) groups is 1. The number of guanidine groups is 1. The normalized spacial score (nSPS) is 16.3. The highest BCUT2D eigenvalue weighted by atomic mass is 32.2. The summed E-state index contributed by atoms with van der Waals surface area (Å²) in [6.45, 7) is 8.09. The molecule has 8 nitrogen and oxygen atoms in total. The fraction of sp³-hybridized carbons (Fsp3) is 0.619. The van der Waals surface area contributed by atoms with Gasteiger partial charge in [-0.2, -0.15) is 0 Å².